The van der Waals surface area contributed by atoms with Crippen molar-refractivity contribution in [2.24, 2.45) is 0 Å². The van der Waals surface area contributed by atoms with Crippen LogP contribution in [0.5, 0.6) is 0 Å². The van der Waals surface area contributed by atoms with Crippen LogP contribution in [0.15, 0.2) is 0 Å². The Morgan fingerprint density at radius 2 is 2.08 bits per heavy atom. The number of ether oxygens (including phenoxy) is 2. The fourth-order valence-corrected chi connectivity index (χ4v) is 1.06. The van der Waals surface area contributed by atoms with E-state index in [4.69, 9.17) is 9.47 Å². The number of methoxy groups -OCH3 is 1. The quantitative estimate of drug-likeness (QED) is 0.571. The van der Waals surface area contributed by atoms with Crippen molar-refractivity contribution >= 4 is 11.8 Å². The van der Waals surface area contributed by atoms with Crippen molar-refractivity contribution in [2.45, 2.75) is 12.2 Å². The van der Waals surface area contributed by atoms with Crippen LogP contribution < -0.4 is 5.32 Å². The Kier molecular flexibility index (Phi) is 10.5. The van der Waals surface area contributed by atoms with Gasteiger partial charge in [-0.25, -0.2) is 0 Å². The molecule has 0 radical (unpaired) electrons. The molecule has 80 valence electrons. The zero-order valence-corrected chi connectivity index (χ0v) is 9.65. The van der Waals surface area contributed by atoms with Crippen LogP contribution in [-0.2, 0) is 9.47 Å². The minimum absolute atomic E-state index is 0.680. The molecule has 1 atom stereocenters. The molecule has 1 N–H and O–H groups in total. The third-order valence-corrected chi connectivity index (χ3v) is 2.66. The van der Waals surface area contributed by atoms with Gasteiger partial charge in [0.05, 0.1) is 19.8 Å². The molecule has 0 saturated heterocycles. The molecule has 0 fully saturated rings. The highest BCUT2D eigenvalue weighted by Crippen LogP contribution is 2.01. The third kappa shape index (κ3) is 10.1. The van der Waals surface area contributed by atoms with E-state index in [2.05, 4.69) is 18.5 Å². The average molecular weight is 207 g/mol. The van der Waals surface area contributed by atoms with Gasteiger partial charge in [0.15, 0.2) is 0 Å². The van der Waals surface area contributed by atoms with Gasteiger partial charge >= 0.3 is 0 Å². The maximum atomic E-state index is 5.30. The van der Waals surface area contributed by atoms with Gasteiger partial charge in [0, 0.05) is 25.4 Å². The molecule has 0 spiro atoms. The summed E-state index contributed by atoms with van der Waals surface area (Å²) in [7, 11) is 1.68. The summed E-state index contributed by atoms with van der Waals surface area (Å²) in [6.07, 6.45) is 2.13. The first-order valence-electron chi connectivity index (χ1n) is 4.61. The lowest BCUT2D eigenvalue weighted by Gasteiger charge is -2.09. The normalized spacial score (nSPS) is 13.2. The summed E-state index contributed by atoms with van der Waals surface area (Å²) < 4.78 is 10.2. The number of rotatable bonds is 9. The van der Waals surface area contributed by atoms with Gasteiger partial charge in [-0.15, -0.1) is 0 Å². The van der Waals surface area contributed by atoms with Gasteiger partial charge < -0.3 is 14.8 Å². The fourth-order valence-electron chi connectivity index (χ4n) is 0.777. The number of thioether (sulfide) groups is 1. The van der Waals surface area contributed by atoms with Crippen LogP contribution in [0.2, 0.25) is 0 Å². The first kappa shape index (κ1) is 13.2. The maximum absolute atomic E-state index is 5.30. The molecule has 0 aliphatic rings. The molecule has 0 aromatic heterocycles. The molecule has 4 heteroatoms. The summed E-state index contributed by atoms with van der Waals surface area (Å²) in [5.41, 5.74) is 0. The summed E-state index contributed by atoms with van der Waals surface area (Å²) >= 11 is 1.87. The van der Waals surface area contributed by atoms with Gasteiger partial charge in [0.1, 0.15) is 0 Å². The van der Waals surface area contributed by atoms with E-state index >= 15 is 0 Å². The highest BCUT2D eigenvalue weighted by Gasteiger charge is 1.96. The minimum Gasteiger partial charge on any atom is -0.382 e. The lowest BCUT2D eigenvalue weighted by molar-refractivity contribution is 0.0721. The molecule has 0 heterocycles. The molecule has 0 aliphatic carbocycles. The van der Waals surface area contributed by atoms with Crippen molar-refractivity contribution in [1.29, 1.82) is 0 Å². The van der Waals surface area contributed by atoms with Crippen LogP contribution in [0.1, 0.15) is 6.92 Å². The Morgan fingerprint density at radius 1 is 1.31 bits per heavy atom. The third-order valence-electron chi connectivity index (χ3n) is 1.69. The molecule has 3 nitrogen and oxygen atoms in total. The van der Waals surface area contributed by atoms with Gasteiger partial charge in [0.2, 0.25) is 0 Å². The molecule has 0 aromatic carbocycles. The number of hydrogen-bond donors (Lipinski definition) is 1. The van der Waals surface area contributed by atoms with Crippen LogP contribution in [0.25, 0.3) is 0 Å². The van der Waals surface area contributed by atoms with Gasteiger partial charge in [0.25, 0.3) is 0 Å². The molecular formula is C9H21NO2S. The van der Waals surface area contributed by atoms with E-state index < -0.39 is 0 Å². The van der Waals surface area contributed by atoms with Gasteiger partial charge in [-0.3, -0.25) is 0 Å². The smallest absolute Gasteiger partial charge is 0.0700 e. The second-order valence-corrected chi connectivity index (χ2v) is 4.13. The molecule has 0 rings (SSSR count). The molecule has 1 unspecified atom stereocenters. The summed E-state index contributed by atoms with van der Waals surface area (Å²) in [5, 5.41) is 4.01. The van der Waals surface area contributed by atoms with E-state index in [-0.39, 0.29) is 0 Å². The van der Waals surface area contributed by atoms with Crippen LogP contribution in [-0.4, -0.2) is 51.5 Å². The van der Waals surface area contributed by atoms with Gasteiger partial charge in [-0.05, 0) is 6.26 Å². The second kappa shape index (κ2) is 10.3. The van der Waals surface area contributed by atoms with Crippen LogP contribution >= 0.6 is 11.8 Å². The van der Waals surface area contributed by atoms with Crippen LogP contribution in [0, 0.1) is 0 Å². The highest BCUT2D eigenvalue weighted by atomic mass is 32.2. The van der Waals surface area contributed by atoms with Crippen molar-refractivity contribution < 1.29 is 9.47 Å². The van der Waals surface area contributed by atoms with Gasteiger partial charge in [-0.1, -0.05) is 6.92 Å². The first-order chi connectivity index (χ1) is 6.31. The minimum atomic E-state index is 0.680. The summed E-state index contributed by atoms with van der Waals surface area (Å²) in [5.74, 6) is 0. The molecule has 0 saturated carbocycles. The predicted molar refractivity (Wildman–Crippen MR) is 58.5 cm³/mol. The van der Waals surface area contributed by atoms with E-state index in [0.29, 0.717) is 18.5 Å². The Morgan fingerprint density at radius 3 is 2.69 bits per heavy atom. The van der Waals surface area contributed by atoms with E-state index in [0.717, 1.165) is 19.7 Å². The summed E-state index contributed by atoms with van der Waals surface area (Å²) in [6, 6.07) is 0. The van der Waals surface area contributed by atoms with E-state index in [1.165, 1.54) is 0 Å². The number of hydrogen-bond acceptors (Lipinski definition) is 4. The Labute approximate surface area is 85.6 Å². The van der Waals surface area contributed by atoms with E-state index in [1.807, 2.05) is 11.8 Å². The largest absolute Gasteiger partial charge is 0.382 e. The lowest BCUT2D eigenvalue weighted by atomic mass is 10.4. The molecule has 0 amide bonds. The Balaban J connectivity index is 2.91. The zero-order valence-electron chi connectivity index (χ0n) is 8.84. The Bertz CT molecular complexity index is 104. The molecular weight excluding hydrogens is 186 g/mol. The Hall–Kier alpha value is 0.230. The van der Waals surface area contributed by atoms with Crippen molar-refractivity contribution in [1.82, 2.24) is 5.32 Å². The van der Waals surface area contributed by atoms with E-state index in [9.17, 15) is 0 Å². The summed E-state index contributed by atoms with van der Waals surface area (Å²) in [4.78, 5) is 0. The molecule has 0 aliphatic heterocycles. The van der Waals surface area contributed by atoms with Gasteiger partial charge in [-0.2, -0.15) is 11.8 Å². The fraction of sp³-hybridized carbons (Fsp3) is 1.00. The van der Waals surface area contributed by atoms with Crippen molar-refractivity contribution in [2.75, 3.05) is 46.3 Å². The highest BCUT2D eigenvalue weighted by molar-refractivity contribution is 7.99. The van der Waals surface area contributed by atoms with Crippen molar-refractivity contribution in [3.8, 4) is 0 Å². The van der Waals surface area contributed by atoms with Crippen molar-refractivity contribution in [3.63, 3.8) is 0 Å². The molecule has 0 aromatic rings. The summed E-state index contributed by atoms with van der Waals surface area (Å²) in [6.45, 7) is 6.33. The second-order valence-electron chi connectivity index (χ2n) is 2.86. The first-order valence-corrected chi connectivity index (χ1v) is 5.90. The standard InChI is InChI=1S/C9H21NO2S/c1-9(13-3)8-10-4-5-12-7-6-11-2/h9-10H,4-8H2,1-3H3. The monoisotopic (exact) mass is 207 g/mol. The van der Waals surface area contributed by atoms with Crippen molar-refractivity contribution in [3.05, 3.63) is 0 Å². The topological polar surface area (TPSA) is 30.5 Å². The molecule has 0 bridgehead atoms. The predicted octanol–water partition coefficient (Wildman–Crippen LogP) is 0.991. The SMILES string of the molecule is COCCOCCNCC(C)SC. The molecule has 13 heavy (non-hydrogen) atoms. The maximum Gasteiger partial charge on any atom is 0.0700 e. The van der Waals surface area contributed by atoms with E-state index in [1.54, 1.807) is 7.11 Å². The zero-order chi connectivity index (χ0) is 9.94. The lowest BCUT2D eigenvalue weighted by Crippen LogP contribution is -2.26. The number of nitrogens with one attached hydrogen (secondary N) is 1. The van der Waals surface area contributed by atoms with Crippen LogP contribution in [0.3, 0.4) is 0 Å². The van der Waals surface area contributed by atoms with Crippen LogP contribution in [0.4, 0.5) is 0 Å². The average Bonchev–Trinajstić information content (AvgIpc) is 2.16.